The van der Waals surface area contributed by atoms with Gasteiger partial charge in [-0.25, -0.2) is 9.97 Å². The van der Waals surface area contributed by atoms with E-state index in [0.29, 0.717) is 29.8 Å². The van der Waals surface area contributed by atoms with Gasteiger partial charge in [-0.15, -0.1) is 11.3 Å². The maximum Gasteiger partial charge on any atom is 0.247 e. The summed E-state index contributed by atoms with van der Waals surface area (Å²) in [5, 5.41) is 0.803. The summed E-state index contributed by atoms with van der Waals surface area (Å²) in [5.74, 6) is 0.322. The first kappa shape index (κ1) is 22.4. The summed E-state index contributed by atoms with van der Waals surface area (Å²) in [7, 11) is 0. The summed E-state index contributed by atoms with van der Waals surface area (Å²) < 4.78 is 0.676. The number of nitrogen functional groups attached to an aromatic ring is 1. The molecule has 1 fully saturated rings. The molecule has 3 aromatic rings. The molecule has 32 heavy (non-hydrogen) atoms. The number of nitrogens with two attached hydrogens (primary N) is 1. The fourth-order valence-corrected chi connectivity index (χ4v) is 5.17. The normalized spacial score (nSPS) is 19.0. The molecule has 0 bridgehead atoms. The smallest absolute Gasteiger partial charge is 0.247 e. The van der Waals surface area contributed by atoms with Gasteiger partial charge in [0.25, 0.3) is 0 Å². The van der Waals surface area contributed by atoms with Gasteiger partial charge in [0.2, 0.25) is 5.91 Å². The highest BCUT2D eigenvalue weighted by Gasteiger charge is 2.44. The summed E-state index contributed by atoms with van der Waals surface area (Å²) in [6, 6.07) is 9.07. The van der Waals surface area contributed by atoms with Crippen LogP contribution in [0.2, 0.25) is 4.34 Å². The molecule has 3 heterocycles. The van der Waals surface area contributed by atoms with Crippen molar-refractivity contribution in [3.63, 3.8) is 0 Å². The number of nitrogens with zero attached hydrogens (tertiary/aromatic N) is 4. The van der Waals surface area contributed by atoms with Gasteiger partial charge >= 0.3 is 0 Å². The van der Waals surface area contributed by atoms with Gasteiger partial charge in [-0.2, -0.15) is 0 Å². The van der Waals surface area contributed by atoms with Gasteiger partial charge in [0.05, 0.1) is 21.4 Å². The van der Waals surface area contributed by atoms with Crippen molar-refractivity contribution >= 4 is 57.9 Å². The molecule has 0 saturated carbocycles. The maximum atomic E-state index is 12.9. The molecule has 1 atom stereocenters. The average molecular weight is 470 g/mol. The van der Waals surface area contributed by atoms with E-state index in [-0.39, 0.29) is 5.91 Å². The lowest BCUT2D eigenvalue weighted by molar-refractivity contribution is -0.142. The predicted molar refractivity (Wildman–Crippen MR) is 128 cm³/mol. The summed E-state index contributed by atoms with van der Waals surface area (Å²) >= 11 is 7.37. The highest BCUT2D eigenvalue weighted by Crippen LogP contribution is 2.30. The van der Waals surface area contributed by atoms with Gasteiger partial charge in [0, 0.05) is 36.0 Å². The quantitative estimate of drug-likeness (QED) is 0.453. The van der Waals surface area contributed by atoms with Gasteiger partial charge < -0.3 is 15.4 Å². The summed E-state index contributed by atoms with van der Waals surface area (Å²) in [4.78, 5) is 38.2. The van der Waals surface area contributed by atoms with Crippen LogP contribution in [0.5, 0.6) is 0 Å². The zero-order chi connectivity index (χ0) is 22.9. The Balaban J connectivity index is 1.51. The summed E-state index contributed by atoms with van der Waals surface area (Å²) in [6.07, 6.45) is 5.69. The molecular weight excluding hydrogens is 446 g/mol. The fourth-order valence-electron chi connectivity index (χ4n) is 4.20. The van der Waals surface area contributed by atoms with Gasteiger partial charge in [0.1, 0.15) is 18.4 Å². The van der Waals surface area contributed by atoms with Crippen molar-refractivity contribution in [2.75, 3.05) is 18.8 Å². The largest absolute Gasteiger partial charge is 0.383 e. The number of rotatable bonds is 5. The molecule has 1 saturated heterocycles. The van der Waals surface area contributed by atoms with Crippen LogP contribution >= 0.6 is 22.9 Å². The number of benzene rings is 1. The molecule has 166 valence electrons. The maximum absolute atomic E-state index is 12.9. The fraction of sp³-hybridized carbons (Fsp3) is 0.304. The standard InChI is InChI=1S/C23H24ClN5O2S/c1-23(2)19(13-30)28(12-15-3-6-17-18(11-15)26-14-27-22(17)25)9-10-29(23)21(31)8-5-16-4-7-20(24)32-16/h3-8,11,13-14,19H,9-10,12H2,1-2H3,(H2,25,26,27). The third kappa shape index (κ3) is 4.39. The Bertz CT molecular complexity index is 1190. The van der Waals surface area contributed by atoms with Crippen LogP contribution in [-0.2, 0) is 16.1 Å². The molecule has 2 aromatic heterocycles. The molecule has 1 aromatic carbocycles. The van der Waals surface area contributed by atoms with E-state index in [1.807, 2.05) is 38.1 Å². The number of halogens is 1. The number of carbonyl (C=O) groups is 2. The topological polar surface area (TPSA) is 92.4 Å². The second kappa shape index (κ2) is 8.97. The first-order valence-electron chi connectivity index (χ1n) is 10.2. The number of aromatic nitrogens is 2. The molecule has 4 rings (SSSR count). The summed E-state index contributed by atoms with van der Waals surface area (Å²) in [6.45, 7) is 5.54. The first-order chi connectivity index (χ1) is 15.3. The minimum atomic E-state index is -0.669. The number of aldehydes is 1. The first-order valence-corrected chi connectivity index (χ1v) is 11.4. The number of amides is 1. The van der Waals surface area contributed by atoms with Crippen molar-refractivity contribution in [2.45, 2.75) is 32.0 Å². The lowest BCUT2D eigenvalue weighted by Crippen LogP contribution is -2.66. The number of thiophene rings is 1. The number of hydrogen-bond donors (Lipinski definition) is 1. The molecule has 0 radical (unpaired) electrons. The van der Waals surface area contributed by atoms with Crippen molar-refractivity contribution < 1.29 is 9.59 Å². The molecule has 7 nitrogen and oxygen atoms in total. The third-order valence-corrected chi connectivity index (χ3v) is 7.12. The molecule has 2 N–H and O–H groups in total. The number of carbonyl (C=O) groups excluding carboxylic acids is 2. The zero-order valence-electron chi connectivity index (χ0n) is 17.9. The Labute approximate surface area is 195 Å². The van der Waals surface area contributed by atoms with Crippen LogP contribution < -0.4 is 5.73 Å². The molecule has 0 aliphatic carbocycles. The Morgan fingerprint density at radius 1 is 1.28 bits per heavy atom. The van der Waals surface area contributed by atoms with Gasteiger partial charge in [-0.1, -0.05) is 17.7 Å². The van der Waals surface area contributed by atoms with E-state index in [0.717, 1.165) is 27.6 Å². The lowest BCUT2D eigenvalue weighted by atomic mass is 9.88. The van der Waals surface area contributed by atoms with Crippen molar-refractivity contribution in [1.29, 1.82) is 0 Å². The van der Waals surface area contributed by atoms with E-state index in [2.05, 4.69) is 14.9 Å². The highest BCUT2D eigenvalue weighted by atomic mass is 35.5. The third-order valence-electron chi connectivity index (χ3n) is 5.92. The minimum absolute atomic E-state index is 0.121. The van der Waals surface area contributed by atoms with E-state index in [1.54, 1.807) is 23.1 Å². The van der Waals surface area contributed by atoms with E-state index in [1.165, 1.54) is 17.7 Å². The van der Waals surface area contributed by atoms with E-state index >= 15 is 0 Å². The van der Waals surface area contributed by atoms with E-state index in [4.69, 9.17) is 17.3 Å². The Morgan fingerprint density at radius 2 is 2.09 bits per heavy atom. The van der Waals surface area contributed by atoms with E-state index < -0.39 is 11.6 Å². The zero-order valence-corrected chi connectivity index (χ0v) is 19.4. The second-order valence-electron chi connectivity index (χ2n) is 8.28. The highest BCUT2D eigenvalue weighted by molar-refractivity contribution is 7.17. The number of anilines is 1. The molecule has 1 aliphatic heterocycles. The van der Waals surface area contributed by atoms with Crippen LogP contribution in [0.1, 0.15) is 24.3 Å². The minimum Gasteiger partial charge on any atom is -0.383 e. The molecule has 1 aliphatic rings. The second-order valence-corrected chi connectivity index (χ2v) is 10.0. The Kier molecular flexibility index (Phi) is 6.28. The molecule has 1 amide bonds. The summed E-state index contributed by atoms with van der Waals surface area (Å²) in [5.41, 5.74) is 7.04. The van der Waals surface area contributed by atoms with E-state index in [9.17, 15) is 9.59 Å². The molecule has 9 heteroatoms. The number of piperazine rings is 1. The average Bonchev–Trinajstić information content (AvgIpc) is 3.17. The SMILES string of the molecule is CC1(C)C(C=O)N(Cc2ccc3c(N)ncnc3c2)CCN1C(=O)C=Cc1ccc(Cl)s1. The predicted octanol–water partition coefficient (Wildman–Crippen LogP) is 3.63. The van der Waals surface area contributed by atoms with Crippen molar-refractivity contribution in [3.05, 3.63) is 57.5 Å². The van der Waals surface area contributed by atoms with Crippen LogP contribution in [-0.4, -0.2) is 56.6 Å². The number of hydrogen-bond acceptors (Lipinski definition) is 7. The Hall–Kier alpha value is -2.81. The monoisotopic (exact) mass is 469 g/mol. The number of fused-ring (bicyclic) bond motifs is 1. The van der Waals surface area contributed by atoms with Crippen molar-refractivity contribution in [1.82, 2.24) is 19.8 Å². The van der Waals surface area contributed by atoms with Crippen LogP contribution in [0.4, 0.5) is 5.82 Å². The van der Waals surface area contributed by atoms with Gasteiger partial charge in [-0.3, -0.25) is 9.69 Å². The van der Waals surface area contributed by atoms with Gasteiger partial charge in [-0.05, 0) is 49.8 Å². The van der Waals surface area contributed by atoms with Crippen LogP contribution in [0.3, 0.4) is 0 Å². The van der Waals surface area contributed by atoms with Gasteiger partial charge in [0.15, 0.2) is 0 Å². The lowest BCUT2D eigenvalue weighted by Gasteiger charge is -2.51. The molecule has 1 unspecified atom stereocenters. The van der Waals surface area contributed by atoms with Crippen LogP contribution in [0.25, 0.3) is 17.0 Å². The molecule has 0 spiro atoms. The van der Waals surface area contributed by atoms with Crippen molar-refractivity contribution in [3.8, 4) is 0 Å². The van der Waals surface area contributed by atoms with Crippen LogP contribution in [0.15, 0.2) is 42.7 Å². The Morgan fingerprint density at radius 3 is 2.81 bits per heavy atom. The van der Waals surface area contributed by atoms with Crippen molar-refractivity contribution in [2.24, 2.45) is 0 Å². The van der Waals surface area contributed by atoms with Crippen LogP contribution in [0, 0.1) is 0 Å². The molecular formula is C23H24ClN5O2S.